The van der Waals surface area contributed by atoms with Gasteiger partial charge in [-0.3, -0.25) is 4.98 Å². The van der Waals surface area contributed by atoms with E-state index in [0.29, 0.717) is 21.0 Å². The first-order chi connectivity index (χ1) is 14.1. The van der Waals surface area contributed by atoms with Crippen molar-refractivity contribution in [3.63, 3.8) is 0 Å². The number of benzene rings is 2. The molecule has 0 aliphatic heterocycles. The molecule has 1 aliphatic carbocycles. The number of rotatable bonds is 2. The molecule has 9 heteroatoms. The second-order valence-corrected chi connectivity index (χ2v) is 8.81. The van der Waals surface area contributed by atoms with E-state index >= 15 is 0 Å². The van der Waals surface area contributed by atoms with Gasteiger partial charge in [0.05, 0.1) is 0 Å². The Morgan fingerprint density at radius 1 is 0.812 bits per heavy atom. The van der Waals surface area contributed by atoms with E-state index in [1.54, 1.807) is 30.3 Å². The van der Waals surface area contributed by atoms with Gasteiger partial charge in [-0.25, -0.2) is 0 Å². The zero-order valence-electron chi connectivity index (χ0n) is 18.3. The maximum absolute atomic E-state index is 13.4. The van der Waals surface area contributed by atoms with Gasteiger partial charge >= 0.3 is 88.7 Å². The van der Waals surface area contributed by atoms with Gasteiger partial charge in [-0.05, 0) is 53.8 Å². The van der Waals surface area contributed by atoms with Gasteiger partial charge in [0.2, 0.25) is 0 Å². The van der Waals surface area contributed by atoms with Crippen LogP contribution in [-0.4, -0.2) is 4.98 Å². The van der Waals surface area contributed by atoms with Crippen LogP contribution in [0.5, 0.6) is 17.4 Å². The number of fused-ring (bicyclic) bond motifs is 2. The molecular weight excluding hydrogens is 475 g/mol. The number of aromatic nitrogens is 1. The summed E-state index contributed by atoms with van der Waals surface area (Å²) in [4.78, 5) is 4.39. The first kappa shape index (κ1) is 28.5. The zero-order chi connectivity index (χ0) is 20.1. The van der Waals surface area contributed by atoms with Crippen molar-refractivity contribution in [2.45, 2.75) is 25.7 Å². The number of pyridine rings is 1. The van der Waals surface area contributed by atoms with Crippen molar-refractivity contribution in [1.82, 2.24) is 4.98 Å². The van der Waals surface area contributed by atoms with Crippen LogP contribution in [-0.2, 0) is 12.8 Å². The quantitative estimate of drug-likeness (QED) is 0.265. The molecule has 0 N–H and O–H groups in total. The smallest absolute Gasteiger partial charge is 0.872 e. The van der Waals surface area contributed by atoms with Crippen molar-refractivity contribution in [3.05, 3.63) is 57.9 Å². The van der Waals surface area contributed by atoms with Crippen LogP contribution in [0.1, 0.15) is 24.0 Å². The summed E-state index contributed by atoms with van der Waals surface area (Å²) < 4.78 is 0.307. The van der Waals surface area contributed by atoms with Gasteiger partial charge in [0, 0.05) is 10.9 Å². The van der Waals surface area contributed by atoms with Crippen molar-refractivity contribution in [2.75, 3.05) is 0 Å². The zero-order valence-corrected chi connectivity index (χ0v) is 25.9. The van der Waals surface area contributed by atoms with Crippen LogP contribution in [0.15, 0.2) is 42.5 Å². The molecule has 2 heterocycles. The molecule has 0 bridgehead atoms. The molecule has 0 atom stereocenters. The maximum Gasteiger partial charge on any atom is 1.00 e. The van der Waals surface area contributed by atoms with Crippen LogP contribution < -0.4 is 104 Å². The number of hydrogen-bond acceptors (Lipinski definition) is 5. The van der Waals surface area contributed by atoms with E-state index in [9.17, 15) is 15.3 Å². The van der Waals surface area contributed by atoms with Crippen molar-refractivity contribution >= 4 is 33.2 Å². The van der Waals surface area contributed by atoms with Gasteiger partial charge in [0.1, 0.15) is 9.17 Å². The summed E-state index contributed by atoms with van der Waals surface area (Å²) in [6, 6.07) is 12.5. The SMILES string of the molecule is [Na+].[Na+].[Na+].[O-]c1nc2sc(Cl)c(-c3ccc4c(c3[O-])CCCC4)c2c([O-])c1-c1ccccc1. The predicted octanol–water partition coefficient (Wildman–Crippen LogP) is -4.60. The first-order valence-electron chi connectivity index (χ1n) is 9.44. The van der Waals surface area contributed by atoms with Gasteiger partial charge in [-0.2, -0.15) is 0 Å². The Morgan fingerprint density at radius 3 is 2.22 bits per heavy atom. The summed E-state index contributed by atoms with van der Waals surface area (Å²) in [5, 5.41) is 39.4. The van der Waals surface area contributed by atoms with E-state index < -0.39 is 11.6 Å². The maximum atomic E-state index is 13.4. The van der Waals surface area contributed by atoms with Gasteiger partial charge in [-0.1, -0.05) is 71.1 Å². The fourth-order valence-corrected chi connectivity index (χ4v) is 5.47. The van der Waals surface area contributed by atoms with E-state index in [0.717, 1.165) is 48.1 Å². The van der Waals surface area contributed by atoms with Crippen LogP contribution in [0.25, 0.3) is 32.5 Å². The molecule has 146 valence electrons. The molecule has 5 rings (SSSR count). The summed E-state index contributed by atoms with van der Waals surface area (Å²) in [6.07, 6.45) is 3.70. The average Bonchev–Trinajstić information content (AvgIpc) is 3.05. The number of thiophene rings is 1. The van der Waals surface area contributed by atoms with Crippen LogP contribution in [0.2, 0.25) is 4.34 Å². The Balaban J connectivity index is 0.00000121. The monoisotopic (exact) mass is 489 g/mol. The largest absolute Gasteiger partial charge is 1.00 e. The number of nitrogens with zero attached hydrogens (tertiary/aromatic N) is 1. The minimum absolute atomic E-state index is 0. The summed E-state index contributed by atoms with van der Waals surface area (Å²) in [5.74, 6) is -1.08. The van der Waals surface area contributed by atoms with Crippen LogP contribution in [0.4, 0.5) is 0 Å². The second kappa shape index (κ2) is 11.8. The molecule has 2 aromatic carbocycles. The molecule has 0 spiro atoms. The molecule has 32 heavy (non-hydrogen) atoms. The molecule has 4 nitrogen and oxygen atoms in total. The Kier molecular flexibility index (Phi) is 10.5. The van der Waals surface area contributed by atoms with E-state index in [1.807, 2.05) is 12.1 Å². The Labute approximate surface area is 261 Å². The standard InChI is InChI=1S/C23H18ClNO3S.3Na/c24-21-17(15-11-10-12-6-4-5-9-14(12)19(15)26)18-20(27)16(13-7-2-1-3-8-13)22(28)25-23(18)29-21;;;/h1-3,7-8,10-11,26H,4-6,9H2,(H2,25,27,28);;;/q;3*+1/p-3. The summed E-state index contributed by atoms with van der Waals surface area (Å²) in [5.41, 5.74) is 3.23. The Hall–Kier alpha value is 0.240. The normalized spacial score (nSPS) is 12.3. The number of aryl methyl sites for hydroxylation is 1. The van der Waals surface area contributed by atoms with Crippen molar-refractivity contribution < 1.29 is 104 Å². The molecule has 1 aliphatic rings. The van der Waals surface area contributed by atoms with Crippen molar-refractivity contribution in [3.8, 4) is 39.6 Å². The first-order valence-corrected chi connectivity index (χ1v) is 10.6. The molecular formula is C23H15ClNNa3O3S. The molecule has 0 saturated carbocycles. The van der Waals surface area contributed by atoms with Crippen LogP contribution in [0.3, 0.4) is 0 Å². The summed E-state index contributed by atoms with van der Waals surface area (Å²) in [6.45, 7) is 0. The molecule has 0 radical (unpaired) electrons. The Morgan fingerprint density at radius 2 is 1.50 bits per heavy atom. The molecule has 0 fully saturated rings. The third-order valence-corrected chi connectivity index (χ3v) is 6.82. The predicted molar refractivity (Wildman–Crippen MR) is 110 cm³/mol. The summed E-state index contributed by atoms with van der Waals surface area (Å²) in [7, 11) is 0. The minimum Gasteiger partial charge on any atom is -0.872 e. The number of hydrogen-bond donors (Lipinski definition) is 0. The van der Waals surface area contributed by atoms with E-state index in [1.165, 1.54) is 0 Å². The molecule has 4 aromatic rings. The van der Waals surface area contributed by atoms with Gasteiger partial charge in [0.25, 0.3) is 0 Å². The summed E-state index contributed by atoms with van der Waals surface area (Å²) >= 11 is 7.55. The van der Waals surface area contributed by atoms with Gasteiger partial charge < -0.3 is 15.3 Å². The third kappa shape index (κ3) is 4.95. The molecule has 0 amide bonds. The molecule has 0 unspecified atom stereocenters. The van der Waals surface area contributed by atoms with E-state index in [2.05, 4.69) is 4.98 Å². The van der Waals surface area contributed by atoms with E-state index in [4.69, 9.17) is 11.6 Å². The van der Waals surface area contributed by atoms with Gasteiger partial charge in [0.15, 0.2) is 0 Å². The van der Waals surface area contributed by atoms with Crippen molar-refractivity contribution in [2.24, 2.45) is 0 Å². The van der Waals surface area contributed by atoms with E-state index in [-0.39, 0.29) is 110 Å². The van der Waals surface area contributed by atoms with Crippen molar-refractivity contribution in [1.29, 1.82) is 0 Å². The third-order valence-electron chi connectivity index (χ3n) is 5.53. The van der Waals surface area contributed by atoms with Crippen LogP contribution in [0, 0.1) is 0 Å². The second-order valence-electron chi connectivity index (χ2n) is 7.21. The Bertz CT molecular complexity index is 1270. The van der Waals surface area contributed by atoms with Gasteiger partial charge in [-0.15, -0.1) is 11.3 Å². The topological polar surface area (TPSA) is 82.1 Å². The van der Waals surface area contributed by atoms with Crippen LogP contribution >= 0.6 is 22.9 Å². The molecule has 2 aromatic heterocycles. The average molecular weight is 490 g/mol. The fourth-order valence-electron chi connectivity index (χ4n) is 4.14. The molecule has 0 saturated heterocycles. The number of halogens is 1. The minimum atomic E-state index is -0.578. The fraction of sp³-hybridized carbons (Fsp3) is 0.174.